The van der Waals surface area contributed by atoms with Gasteiger partial charge in [0.05, 0.1) is 7.11 Å². The van der Waals surface area contributed by atoms with Crippen LogP contribution in [0.2, 0.25) is 0 Å². The molecule has 5 heteroatoms. The molecule has 0 bridgehead atoms. The number of methoxy groups -OCH3 is 1. The van der Waals surface area contributed by atoms with Gasteiger partial charge in [0.2, 0.25) is 0 Å². The fourth-order valence-electron chi connectivity index (χ4n) is 1.08. The molecule has 0 saturated heterocycles. The van der Waals surface area contributed by atoms with E-state index in [2.05, 4.69) is 15.9 Å². The SMILES string of the molecule is COc1ccc(Br)c(C(=O)CC(=O)O)c1. The fourth-order valence-corrected chi connectivity index (χ4v) is 1.55. The lowest BCUT2D eigenvalue weighted by atomic mass is 10.1. The Morgan fingerprint density at radius 2 is 2.13 bits per heavy atom. The molecule has 0 fully saturated rings. The van der Waals surface area contributed by atoms with E-state index in [4.69, 9.17) is 9.84 Å². The molecule has 0 spiro atoms. The lowest BCUT2D eigenvalue weighted by Gasteiger charge is -2.04. The number of carbonyl (C=O) groups excluding carboxylic acids is 1. The molecule has 0 atom stereocenters. The molecule has 4 nitrogen and oxygen atoms in total. The third kappa shape index (κ3) is 3.06. The maximum Gasteiger partial charge on any atom is 0.311 e. The van der Waals surface area contributed by atoms with Gasteiger partial charge in [-0.3, -0.25) is 9.59 Å². The zero-order chi connectivity index (χ0) is 11.4. The first-order chi connectivity index (χ1) is 7.04. The predicted molar refractivity (Wildman–Crippen MR) is 57.3 cm³/mol. The van der Waals surface area contributed by atoms with Crippen LogP contribution in [-0.2, 0) is 4.79 Å². The van der Waals surface area contributed by atoms with Gasteiger partial charge in [0, 0.05) is 10.0 Å². The molecule has 0 saturated carbocycles. The fraction of sp³-hybridized carbons (Fsp3) is 0.200. The molecular weight excluding hydrogens is 264 g/mol. The maximum absolute atomic E-state index is 11.5. The highest BCUT2D eigenvalue weighted by Gasteiger charge is 2.14. The number of ether oxygens (including phenoxy) is 1. The van der Waals surface area contributed by atoms with Gasteiger partial charge in [-0.2, -0.15) is 0 Å². The molecule has 15 heavy (non-hydrogen) atoms. The summed E-state index contributed by atoms with van der Waals surface area (Å²) in [6.45, 7) is 0. The predicted octanol–water partition coefficient (Wildman–Crippen LogP) is 2.12. The molecule has 0 aliphatic rings. The zero-order valence-corrected chi connectivity index (χ0v) is 9.58. The van der Waals surface area contributed by atoms with Crippen LogP contribution in [0.4, 0.5) is 0 Å². The van der Waals surface area contributed by atoms with Crippen molar-refractivity contribution in [2.75, 3.05) is 7.11 Å². The van der Waals surface area contributed by atoms with Crippen molar-refractivity contribution in [3.8, 4) is 5.75 Å². The van der Waals surface area contributed by atoms with Crippen molar-refractivity contribution in [1.29, 1.82) is 0 Å². The quantitative estimate of drug-likeness (QED) is 0.674. The van der Waals surface area contributed by atoms with Crippen LogP contribution >= 0.6 is 15.9 Å². The third-order valence-electron chi connectivity index (χ3n) is 1.79. The largest absolute Gasteiger partial charge is 0.497 e. The summed E-state index contributed by atoms with van der Waals surface area (Å²) in [6, 6.07) is 4.84. The van der Waals surface area contributed by atoms with E-state index < -0.39 is 18.2 Å². The summed E-state index contributed by atoms with van der Waals surface area (Å²) in [6.07, 6.45) is -0.522. The van der Waals surface area contributed by atoms with E-state index in [-0.39, 0.29) is 0 Å². The summed E-state index contributed by atoms with van der Waals surface area (Å²) in [7, 11) is 1.48. The number of Topliss-reactive ketones (excluding diaryl/α,β-unsaturated/α-hetero) is 1. The summed E-state index contributed by atoms with van der Waals surface area (Å²) in [5, 5.41) is 8.50. The van der Waals surface area contributed by atoms with Crippen molar-refractivity contribution in [1.82, 2.24) is 0 Å². The van der Waals surface area contributed by atoms with E-state index in [9.17, 15) is 9.59 Å². The number of ketones is 1. The number of aliphatic carboxylic acids is 1. The average molecular weight is 273 g/mol. The van der Waals surface area contributed by atoms with Gasteiger partial charge in [-0.25, -0.2) is 0 Å². The Morgan fingerprint density at radius 3 is 2.67 bits per heavy atom. The molecule has 1 rings (SSSR count). The number of benzene rings is 1. The smallest absolute Gasteiger partial charge is 0.311 e. The van der Waals surface area contributed by atoms with Crippen LogP contribution in [0.5, 0.6) is 5.75 Å². The van der Waals surface area contributed by atoms with E-state index >= 15 is 0 Å². The van der Waals surface area contributed by atoms with E-state index in [0.29, 0.717) is 15.8 Å². The molecule has 0 amide bonds. The van der Waals surface area contributed by atoms with Crippen molar-refractivity contribution in [2.24, 2.45) is 0 Å². The number of hydrogen-bond acceptors (Lipinski definition) is 3. The van der Waals surface area contributed by atoms with Crippen LogP contribution in [-0.4, -0.2) is 24.0 Å². The van der Waals surface area contributed by atoms with Crippen molar-refractivity contribution in [2.45, 2.75) is 6.42 Å². The van der Waals surface area contributed by atoms with Gasteiger partial charge < -0.3 is 9.84 Å². The average Bonchev–Trinajstić information content (AvgIpc) is 2.17. The van der Waals surface area contributed by atoms with Crippen molar-refractivity contribution >= 4 is 27.7 Å². The molecular formula is C10H9BrO4. The van der Waals surface area contributed by atoms with Crippen molar-refractivity contribution < 1.29 is 19.4 Å². The standard InChI is InChI=1S/C10H9BrO4/c1-15-6-2-3-8(11)7(4-6)9(12)5-10(13)14/h2-4H,5H2,1H3,(H,13,14). The van der Waals surface area contributed by atoms with Crippen LogP contribution in [0.1, 0.15) is 16.8 Å². The molecule has 1 aromatic rings. The summed E-state index contributed by atoms with van der Waals surface area (Å²) in [5.41, 5.74) is 0.316. The first-order valence-electron chi connectivity index (χ1n) is 4.13. The minimum atomic E-state index is -1.14. The molecule has 0 aliphatic heterocycles. The monoisotopic (exact) mass is 272 g/mol. The third-order valence-corrected chi connectivity index (χ3v) is 2.48. The lowest BCUT2D eigenvalue weighted by Crippen LogP contribution is -2.07. The number of halogens is 1. The van der Waals surface area contributed by atoms with Gasteiger partial charge in [-0.05, 0) is 18.2 Å². The number of hydrogen-bond donors (Lipinski definition) is 1. The van der Waals surface area contributed by atoms with Crippen LogP contribution in [0, 0.1) is 0 Å². The summed E-state index contributed by atoms with van der Waals surface area (Å²) in [5.74, 6) is -1.07. The Bertz CT molecular complexity index is 400. The van der Waals surface area contributed by atoms with E-state index in [1.54, 1.807) is 12.1 Å². The lowest BCUT2D eigenvalue weighted by molar-refractivity contribution is -0.135. The highest BCUT2D eigenvalue weighted by atomic mass is 79.9. The molecule has 0 unspecified atom stereocenters. The van der Waals surface area contributed by atoms with Gasteiger partial charge in [0.25, 0.3) is 0 Å². The van der Waals surface area contributed by atoms with Gasteiger partial charge in [0.1, 0.15) is 12.2 Å². The second-order valence-corrected chi connectivity index (χ2v) is 3.69. The second-order valence-electron chi connectivity index (χ2n) is 2.84. The van der Waals surface area contributed by atoms with E-state index in [1.807, 2.05) is 0 Å². The van der Waals surface area contributed by atoms with Crippen LogP contribution < -0.4 is 4.74 Å². The van der Waals surface area contributed by atoms with Crippen LogP contribution in [0.15, 0.2) is 22.7 Å². The molecule has 0 aliphatic carbocycles. The number of rotatable bonds is 4. The van der Waals surface area contributed by atoms with Gasteiger partial charge >= 0.3 is 5.97 Å². The normalized spacial score (nSPS) is 9.73. The number of carboxylic acid groups (broad SMARTS) is 1. The molecule has 0 aromatic heterocycles. The minimum absolute atomic E-state index is 0.316. The Labute approximate surface area is 95.0 Å². The Morgan fingerprint density at radius 1 is 1.47 bits per heavy atom. The molecule has 0 radical (unpaired) electrons. The molecule has 1 N–H and O–H groups in total. The molecule has 1 aromatic carbocycles. The van der Waals surface area contributed by atoms with Crippen molar-refractivity contribution in [3.63, 3.8) is 0 Å². The van der Waals surface area contributed by atoms with Gasteiger partial charge in [-0.15, -0.1) is 0 Å². The molecule has 80 valence electrons. The Balaban J connectivity index is 3.01. The van der Waals surface area contributed by atoms with Gasteiger partial charge in [0.15, 0.2) is 5.78 Å². The van der Waals surface area contributed by atoms with Crippen LogP contribution in [0.3, 0.4) is 0 Å². The zero-order valence-electron chi connectivity index (χ0n) is 7.99. The number of carboxylic acids is 1. The first-order valence-corrected chi connectivity index (χ1v) is 4.92. The van der Waals surface area contributed by atoms with Crippen molar-refractivity contribution in [3.05, 3.63) is 28.2 Å². The topological polar surface area (TPSA) is 63.6 Å². The van der Waals surface area contributed by atoms with Crippen LogP contribution in [0.25, 0.3) is 0 Å². The second kappa shape index (κ2) is 4.93. The summed E-state index contributed by atoms with van der Waals surface area (Å²) < 4.78 is 5.51. The summed E-state index contributed by atoms with van der Waals surface area (Å²) >= 11 is 3.18. The number of carbonyl (C=O) groups is 2. The van der Waals surface area contributed by atoms with E-state index in [0.717, 1.165) is 0 Å². The summed E-state index contributed by atoms with van der Waals surface area (Å²) in [4.78, 5) is 21.9. The highest BCUT2D eigenvalue weighted by molar-refractivity contribution is 9.10. The highest BCUT2D eigenvalue weighted by Crippen LogP contribution is 2.23. The maximum atomic E-state index is 11.5. The first kappa shape index (κ1) is 11.7. The Hall–Kier alpha value is -1.36. The molecule has 0 heterocycles. The Kier molecular flexibility index (Phi) is 3.85. The van der Waals surface area contributed by atoms with E-state index in [1.165, 1.54) is 13.2 Å². The minimum Gasteiger partial charge on any atom is -0.497 e. The van der Waals surface area contributed by atoms with Gasteiger partial charge in [-0.1, -0.05) is 15.9 Å².